The van der Waals surface area contributed by atoms with Crippen LogP contribution in [0, 0.1) is 5.92 Å². The second-order valence-electron chi connectivity index (χ2n) is 4.63. The van der Waals surface area contributed by atoms with Gasteiger partial charge in [0.2, 0.25) is 0 Å². The molecule has 2 N–H and O–H groups in total. The van der Waals surface area contributed by atoms with Crippen molar-refractivity contribution in [2.75, 3.05) is 6.61 Å². The highest BCUT2D eigenvalue weighted by Crippen LogP contribution is 2.51. The summed E-state index contributed by atoms with van der Waals surface area (Å²) in [5.74, 6) is 0.596. The van der Waals surface area contributed by atoms with Crippen molar-refractivity contribution in [3.8, 4) is 0 Å². The molecule has 0 bridgehead atoms. The van der Waals surface area contributed by atoms with E-state index in [1.807, 2.05) is 6.92 Å². The minimum atomic E-state index is -1.17. The van der Waals surface area contributed by atoms with Gasteiger partial charge in [-0.25, -0.2) is 4.21 Å². The van der Waals surface area contributed by atoms with Gasteiger partial charge in [-0.3, -0.25) is 5.14 Å². The fraction of sp³-hybridized carbons (Fsp3) is 1.00. The van der Waals surface area contributed by atoms with Crippen LogP contribution in [0.3, 0.4) is 0 Å². The third-order valence-corrected chi connectivity index (χ3v) is 4.57. The fourth-order valence-electron chi connectivity index (χ4n) is 2.49. The maximum absolute atomic E-state index is 11.1. The molecular weight excluding hydrogens is 198 g/mol. The Hall–Kier alpha value is 0.0700. The van der Waals surface area contributed by atoms with Crippen LogP contribution in [0.4, 0.5) is 0 Å². The van der Waals surface area contributed by atoms with Crippen LogP contribution >= 0.6 is 0 Å². The van der Waals surface area contributed by atoms with Gasteiger partial charge >= 0.3 is 0 Å². The molecular formula is C10H19NO2S. The maximum atomic E-state index is 11.1. The SMILES string of the molecule is CC(C[C@H]1CCCOC12CC2)S(N)=O. The van der Waals surface area contributed by atoms with Crippen molar-refractivity contribution >= 4 is 11.0 Å². The third kappa shape index (κ3) is 2.02. The lowest BCUT2D eigenvalue weighted by Gasteiger charge is -2.33. The molecule has 2 unspecified atom stereocenters. The molecule has 0 aromatic carbocycles. The van der Waals surface area contributed by atoms with E-state index < -0.39 is 11.0 Å². The predicted molar refractivity (Wildman–Crippen MR) is 57.0 cm³/mol. The predicted octanol–water partition coefficient (Wildman–Crippen LogP) is 1.35. The van der Waals surface area contributed by atoms with Crippen molar-refractivity contribution in [2.45, 2.75) is 49.9 Å². The summed E-state index contributed by atoms with van der Waals surface area (Å²) >= 11 is 0. The molecule has 2 rings (SSSR count). The van der Waals surface area contributed by atoms with Crippen molar-refractivity contribution in [1.82, 2.24) is 0 Å². The Morgan fingerprint density at radius 2 is 2.36 bits per heavy atom. The number of hydrogen-bond acceptors (Lipinski definition) is 2. The first-order valence-electron chi connectivity index (χ1n) is 5.43. The molecule has 1 saturated heterocycles. The highest BCUT2D eigenvalue weighted by molar-refractivity contribution is 7.83. The van der Waals surface area contributed by atoms with E-state index in [1.54, 1.807) is 0 Å². The first-order chi connectivity index (χ1) is 6.64. The van der Waals surface area contributed by atoms with E-state index in [1.165, 1.54) is 19.3 Å². The third-order valence-electron chi connectivity index (χ3n) is 3.59. The number of nitrogens with two attached hydrogens (primary N) is 1. The van der Waals surface area contributed by atoms with E-state index >= 15 is 0 Å². The first kappa shape index (κ1) is 10.6. The first-order valence-corrected chi connectivity index (χ1v) is 6.70. The number of ether oxygens (including phenoxy) is 1. The Kier molecular flexibility index (Phi) is 2.96. The molecule has 82 valence electrons. The van der Waals surface area contributed by atoms with Gasteiger partial charge in [-0.15, -0.1) is 0 Å². The van der Waals surface area contributed by atoms with E-state index in [-0.39, 0.29) is 10.9 Å². The zero-order valence-electron chi connectivity index (χ0n) is 8.70. The molecule has 14 heavy (non-hydrogen) atoms. The van der Waals surface area contributed by atoms with E-state index in [2.05, 4.69) is 0 Å². The lowest BCUT2D eigenvalue weighted by atomic mass is 9.88. The molecule has 4 heteroatoms. The summed E-state index contributed by atoms with van der Waals surface area (Å²) in [4.78, 5) is 0. The summed E-state index contributed by atoms with van der Waals surface area (Å²) in [5.41, 5.74) is 0.172. The summed E-state index contributed by atoms with van der Waals surface area (Å²) in [6.45, 7) is 2.89. The highest BCUT2D eigenvalue weighted by Gasteiger charge is 2.52. The average Bonchev–Trinajstić information content (AvgIpc) is 2.90. The number of hydrogen-bond donors (Lipinski definition) is 1. The lowest BCUT2D eigenvalue weighted by molar-refractivity contribution is -0.0495. The second kappa shape index (κ2) is 3.91. The van der Waals surface area contributed by atoms with Crippen molar-refractivity contribution in [1.29, 1.82) is 0 Å². The minimum Gasteiger partial charge on any atom is -0.375 e. The standard InChI is InChI=1S/C10H19NO2S/c1-8(14(11)12)7-9-3-2-6-13-10(9)4-5-10/h8-9H,2-7,11H2,1H3/t8?,9-,14?/m1/s1. The molecule has 2 fully saturated rings. The van der Waals surface area contributed by atoms with Crippen molar-refractivity contribution in [3.63, 3.8) is 0 Å². The molecule has 1 aliphatic heterocycles. The molecule has 0 aromatic heterocycles. The fourth-order valence-corrected chi connectivity index (χ4v) is 2.91. The quantitative estimate of drug-likeness (QED) is 0.775. The highest BCUT2D eigenvalue weighted by atomic mass is 32.2. The Balaban J connectivity index is 1.92. The van der Waals surface area contributed by atoms with Crippen LogP contribution in [0.2, 0.25) is 0 Å². The van der Waals surface area contributed by atoms with Gasteiger partial charge in [-0.1, -0.05) is 0 Å². The zero-order chi connectivity index (χ0) is 10.2. The van der Waals surface area contributed by atoms with E-state index in [4.69, 9.17) is 9.88 Å². The summed E-state index contributed by atoms with van der Waals surface area (Å²) in [5, 5.41) is 5.50. The Labute approximate surface area is 88.0 Å². The smallest absolute Gasteiger partial charge is 0.0916 e. The molecule has 3 atom stereocenters. The van der Waals surface area contributed by atoms with Crippen molar-refractivity contribution in [3.05, 3.63) is 0 Å². The molecule has 1 saturated carbocycles. The maximum Gasteiger partial charge on any atom is 0.0916 e. The van der Waals surface area contributed by atoms with Crippen LogP contribution in [0.5, 0.6) is 0 Å². The summed E-state index contributed by atoms with van der Waals surface area (Å²) in [6, 6.07) is 0. The summed E-state index contributed by atoms with van der Waals surface area (Å²) in [7, 11) is -1.17. The van der Waals surface area contributed by atoms with Gasteiger partial charge in [-0.05, 0) is 44.9 Å². The van der Waals surface area contributed by atoms with Crippen LogP contribution in [0.15, 0.2) is 0 Å². The largest absolute Gasteiger partial charge is 0.375 e. The van der Waals surface area contributed by atoms with Gasteiger partial charge in [0.25, 0.3) is 0 Å². The monoisotopic (exact) mass is 217 g/mol. The molecule has 1 spiro atoms. The zero-order valence-corrected chi connectivity index (χ0v) is 9.52. The minimum absolute atomic E-state index is 0.110. The Morgan fingerprint density at radius 1 is 1.64 bits per heavy atom. The normalized spacial score (nSPS) is 34.0. The Morgan fingerprint density at radius 3 is 2.93 bits per heavy atom. The topological polar surface area (TPSA) is 52.3 Å². The van der Waals surface area contributed by atoms with Gasteiger partial charge in [0.05, 0.1) is 16.6 Å². The molecule has 1 aliphatic carbocycles. The summed E-state index contributed by atoms with van der Waals surface area (Å²) < 4.78 is 16.9. The molecule has 0 aromatic rings. The van der Waals surface area contributed by atoms with Crippen molar-refractivity contribution < 1.29 is 8.95 Å². The molecule has 3 nitrogen and oxygen atoms in total. The molecule has 1 heterocycles. The average molecular weight is 217 g/mol. The second-order valence-corrected chi connectivity index (χ2v) is 6.09. The van der Waals surface area contributed by atoms with Crippen molar-refractivity contribution in [2.24, 2.45) is 11.1 Å². The Bertz CT molecular complexity index is 240. The van der Waals surface area contributed by atoms with Crippen LogP contribution < -0.4 is 5.14 Å². The van der Waals surface area contributed by atoms with E-state index in [9.17, 15) is 4.21 Å². The van der Waals surface area contributed by atoms with E-state index in [0.717, 1.165) is 19.4 Å². The molecule has 2 aliphatic rings. The lowest BCUT2D eigenvalue weighted by Crippen LogP contribution is -2.35. The van der Waals surface area contributed by atoms with Gasteiger partial charge in [0.15, 0.2) is 0 Å². The van der Waals surface area contributed by atoms with Crippen LogP contribution in [0.25, 0.3) is 0 Å². The summed E-state index contributed by atoms with van der Waals surface area (Å²) in [6.07, 6.45) is 5.73. The van der Waals surface area contributed by atoms with E-state index in [0.29, 0.717) is 5.92 Å². The van der Waals surface area contributed by atoms with Gasteiger partial charge in [-0.2, -0.15) is 0 Å². The van der Waals surface area contributed by atoms with Gasteiger partial charge < -0.3 is 4.74 Å². The van der Waals surface area contributed by atoms with Gasteiger partial charge in [0.1, 0.15) is 0 Å². The number of rotatable bonds is 3. The molecule has 0 amide bonds. The van der Waals surface area contributed by atoms with Crippen LogP contribution in [-0.2, 0) is 15.7 Å². The van der Waals surface area contributed by atoms with Gasteiger partial charge in [0, 0.05) is 11.9 Å². The van der Waals surface area contributed by atoms with Crippen LogP contribution in [0.1, 0.15) is 39.0 Å². The van der Waals surface area contributed by atoms with Crippen LogP contribution in [-0.4, -0.2) is 21.7 Å². The molecule has 0 radical (unpaired) electrons.